The van der Waals surface area contributed by atoms with E-state index in [0.29, 0.717) is 32.3 Å². The van der Waals surface area contributed by atoms with Crippen molar-refractivity contribution in [2.75, 3.05) is 13.2 Å². The fraction of sp³-hybridized carbons (Fsp3) is 0.375. The van der Waals surface area contributed by atoms with E-state index < -0.39 is 8.32 Å². The van der Waals surface area contributed by atoms with Gasteiger partial charge < -0.3 is 13.9 Å². The molecule has 3 aromatic rings. The summed E-state index contributed by atoms with van der Waals surface area (Å²) in [7, 11) is -2.06. The summed E-state index contributed by atoms with van der Waals surface area (Å²) in [5, 5.41) is 1.34. The summed E-state index contributed by atoms with van der Waals surface area (Å²) in [5.41, 5.74) is 2.32. The highest BCUT2D eigenvalue weighted by atomic mass is 28.4. The van der Waals surface area contributed by atoms with Gasteiger partial charge in [0.1, 0.15) is 0 Å². The third-order valence-electron chi connectivity index (χ3n) is 7.17. The first-order valence-electron chi connectivity index (χ1n) is 13.1. The molecule has 4 rings (SSSR count). The number of rotatable bonds is 12. The van der Waals surface area contributed by atoms with Crippen LogP contribution in [0.25, 0.3) is 0 Å². The van der Waals surface area contributed by atoms with Crippen molar-refractivity contribution in [2.45, 2.75) is 52.2 Å². The lowest BCUT2D eigenvalue weighted by Crippen LogP contribution is -2.48. The zero-order valence-corrected chi connectivity index (χ0v) is 22.9. The van der Waals surface area contributed by atoms with Gasteiger partial charge in [0.15, 0.2) is 0 Å². The van der Waals surface area contributed by atoms with Crippen LogP contribution in [0.3, 0.4) is 0 Å². The van der Waals surface area contributed by atoms with Crippen molar-refractivity contribution in [3.05, 3.63) is 114 Å². The molecule has 3 aromatic carbocycles. The predicted molar refractivity (Wildman–Crippen MR) is 151 cm³/mol. The molecule has 0 N–H and O–H groups in total. The Balaban J connectivity index is 1.49. The Kier molecular flexibility index (Phi) is 9.33. The molecule has 0 aliphatic heterocycles. The molecule has 4 heteroatoms. The van der Waals surface area contributed by atoms with Crippen molar-refractivity contribution in [2.24, 2.45) is 11.3 Å². The maximum Gasteiger partial charge on any atom is 0.218 e. The maximum absolute atomic E-state index is 7.01. The predicted octanol–water partition coefficient (Wildman–Crippen LogP) is 6.89. The van der Waals surface area contributed by atoms with Gasteiger partial charge in [0, 0.05) is 11.3 Å². The quantitative estimate of drug-likeness (QED) is 0.200. The van der Waals surface area contributed by atoms with E-state index in [-0.39, 0.29) is 11.5 Å². The Morgan fingerprint density at radius 2 is 1.25 bits per heavy atom. The molecule has 0 bridgehead atoms. The summed E-state index contributed by atoms with van der Waals surface area (Å²) in [4.78, 5) is 0. The average molecular weight is 501 g/mol. The second-order valence-electron chi connectivity index (χ2n) is 10.6. The van der Waals surface area contributed by atoms with Gasteiger partial charge in [0.25, 0.3) is 0 Å². The number of hydrogen-bond acceptors (Lipinski definition) is 3. The summed E-state index contributed by atoms with van der Waals surface area (Å²) < 4.78 is 19.7. The fourth-order valence-electron chi connectivity index (χ4n) is 5.34. The van der Waals surface area contributed by atoms with Gasteiger partial charge in [-0.25, -0.2) is 0 Å². The molecule has 0 heterocycles. The van der Waals surface area contributed by atoms with E-state index in [1.54, 1.807) is 0 Å². The molecule has 0 amide bonds. The molecule has 1 aliphatic rings. The van der Waals surface area contributed by atoms with E-state index in [0.717, 1.165) is 12.8 Å². The van der Waals surface area contributed by atoms with Crippen LogP contribution < -0.4 is 5.19 Å². The van der Waals surface area contributed by atoms with Gasteiger partial charge in [0.05, 0.1) is 32.5 Å². The van der Waals surface area contributed by atoms with E-state index in [1.165, 1.54) is 16.3 Å². The van der Waals surface area contributed by atoms with Crippen LogP contribution in [0, 0.1) is 11.3 Å². The first-order valence-corrected chi connectivity index (χ1v) is 16.0. The number of allylic oxidation sites excluding steroid dienone is 1. The molecular weight excluding hydrogens is 460 g/mol. The van der Waals surface area contributed by atoms with Crippen LogP contribution in [-0.4, -0.2) is 27.6 Å². The van der Waals surface area contributed by atoms with Crippen LogP contribution in [0.15, 0.2) is 103 Å². The average Bonchev–Trinajstić information content (AvgIpc) is 3.22. The van der Waals surface area contributed by atoms with Crippen molar-refractivity contribution in [1.82, 2.24) is 0 Å². The second-order valence-corrected chi connectivity index (χ2v) is 14.4. The molecule has 1 fully saturated rings. The van der Waals surface area contributed by atoms with Gasteiger partial charge >= 0.3 is 0 Å². The first-order chi connectivity index (χ1) is 17.5. The lowest BCUT2D eigenvalue weighted by molar-refractivity contribution is -0.0347. The lowest BCUT2D eigenvalue weighted by Gasteiger charge is -2.32. The Labute approximate surface area is 218 Å². The van der Waals surface area contributed by atoms with Crippen LogP contribution >= 0.6 is 0 Å². The Hall–Kier alpha value is -2.50. The minimum Gasteiger partial charge on any atom is -0.409 e. The zero-order chi connectivity index (χ0) is 25.3. The molecule has 1 unspecified atom stereocenters. The van der Waals surface area contributed by atoms with E-state index in [4.69, 9.17) is 13.9 Å². The Morgan fingerprint density at radius 1 is 0.750 bits per heavy atom. The monoisotopic (exact) mass is 500 g/mol. The molecule has 0 radical (unpaired) electrons. The van der Waals surface area contributed by atoms with Crippen molar-refractivity contribution >= 4 is 13.5 Å². The zero-order valence-electron chi connectivity index (χ0n) is 21.9. The highest BCUT2D eigenvalue weighted by Gasteiger charge is 2.47. The SMILES string of the molecule is C/C=C/C1CC(COCc2ccccc2)(COCc2ccccc2)C[C@@H]1O[Si](C)(C)c1ccccc1. The van der Waals surface area contributed by atoms with Gasteiger partial charge in [-0.05, 0) is 49.2 Å². The van der Waals surface area contributed by atoms with E-state index >= 15 is 0 Å². The normalized spacial score (nSPS) is 19.6. The topological polar surface area (TPSA) is 27.7 Å². The van der Waals surface area contributed by atoms with Gasteiger partial charge in [-0.15, -0.1) is 0 Å². The number of hydrogen-bond donors (Lipinski definition) is 0. The van der Waals surface area contributed by atoms with E-state index in [2.05, 4.69) is 111 Å². The second kappa shape index (κ2) is 12.6. The molecule has 3 nitrogen and oxygen atoms in total. The highest BCUT2D eigenvalue weighted by Crippen LogP contribution is 2.46. The van der Waals surface area contributed by atoms with E-state index in [9.17, 15) is 0 Å². The van der Waals surface area contributed by atoms with Crippen molar-refractivity contribution in [3.63, 3.8) is 0 Å². The third-order valence-corrected chi connectivity index (χ3v) is 9.79. The van der Waals surface area contributed by atoms with E-state index in [1.807, 2.05) is 12.1 Å². The largest absolute Gasteiger partial charge is 0.409 e. The Bertz CT molecular complexity index is 1020. The summed E-state index contributed by atoms with van der Waals surface area (Å²) in [6, 6.07) is 31.6. The third kappa shape index (κ3) is 7.27. The van der Waals surface area contributed by atoms with Crippen LogP contribution in [0.2, 0.25) is 13.1 Å². The van der Waals surface area contributed by atoms with Crippen molar-refractivity contribution < 1.29 is 13.9 Å². The smallest absolute Gasteiger partial charge is 0.218 e. The van der Waals surface area contributed by atoms with Crippen LogP contribution in [0.5, 0.6) is 0 Å². The van der Waals surface area contributed by atoms with Crippen LogP contribution in [0.1, 0.15) is 30.9 Å². The van der Waals surface area contributed by atoms with Crippen molar-refractivity contribution in [1.29, 1.82) is 0 Å². The highest BCUT2D eigenvalue weighted by molar-refractivity contribution is 6.84. The van der Waals surface area contributed by atoms with Gasteiger partial charge in [-0.3, -0.25) is 0 Å². The summed E-state index contributed by atoms with van der Waals surface area (Å²) in [6.07, 6.45) is 6.60. The molecule has 0 aromatic heterocycles. The number of benzene rings is 3. The standard InChI is InChI=1S/C32H40O3Si/c1-4-14-29-21-32(25-33-23-27-15-8-5-9-16-27,26-34-24-28-17-10-6-11-18-28)22-31(29)35-36(2,3)30-19-12-7-13-20-30/h4-20,29,31H,21-26H2,1-3H3/b14-4+/t29?,31-/m0/s1. The van der Waals surface area contributed by atoms with Crippen LogP contribution in [0.4, 0.5) is 0 Å². The molecule has 0 saturated heterocycles. The summed E-state index contributed by atoms with van der Waals surface area (Å²) in [6.45, 7) is 9.29. The fourth-order valence-corrected chi connectivity index (χ4v) is 7.49. The molecule has 0 spiro atoms. The molecule has 36 heavy (non-hydrogen) atoms. The minimum absolute atomic E-state index is 0.0838. The molecule has 190 valence electrons. The Morgan fingerprint density at radius 3 is 1.75 bits per heavy atom. The molecule has 1 aliphatic carbocycles. The maximum atomic E-state index is 7.01. The lowest BCUT2D eigenvalue weighted by atomic mass is 9.87. The van der Waals surface area contributed by atoms with Crippen molar-refractivity contribution in [3.8, 4) is 0 Å². The molecule has 2 atom stereocenters. The van der Waals surface area contributed by atoms with Gasteiger partial charge in [-0.1, -0.05) is 103 Å². The van der Waals surface area contributed by atoms with Gasteiger partial charge in [-0.2, -0.15) is 0 Å². The molecule has 1 saturated carbocycles. The molecular formula is C32H40O3Si. The number of ether oxygens (including phenoxy) is 2. The first kappa shape index (κ1) is 26.6. The summed E-state index contributed by atoms with van der Waals surface area (Å²) >= 11 is 0. The van der Waals surface area contributed by atoms with Crippen LogP contribution in [-0.2, 0) is 27.1 Å². The minimum atomic E-state index is -2.06. The van der Waals surface area contributed by atoms with Gasteiger partial charge in [0.2, 0.25) is 8.32 Å². The summed E-state index contributed by atoms with van der Waals surface area (Å²) in [5.74, 6) is 0.353.